The fourth-order valence-electron chi connectivity index (χ4n) is 2.47. The number of carbonyl (C=O) groups is 2. The molecule has 0 fully saturated rings. The predicted octanol–water partition coefficient (Wildman–Crippen LogP) is 2.03. The minimum Gasteiger partial charge on any atom is -0.491 e. The summed E-state index contributed by atoms with van der Waals surface area (Å²) >= 11 is 1.68. The van der Waals surface area contributed by atoms with Crippen LogP contribution in [0, 0.1) is 0 Å². The van der Waals surface area contributed by atoms with Gasteiger partial charge >= 0.3 is 0 Å². The lowest BCUT2D eigenvalue weighted by Gasteiger charge is -2.15. The van der Waals surface area contributed by atoms with Gasteiger partial charge in [-0.05, 0) is 23.6 Å². The minimum absolute atomic E-state index is 0.0156. The van der Waals surface area contributed by atoms with E-state index in [2.05, 4.69) is 11.4 Å². The second kappa shape index (κ2) is 7.96. The predicted molar refractivity (Wildman–Crippen MR) is 95.5 cm³/mol. The third kappa shape index (κ3) is 4.07. The second-order valence-corrected chi connectivity index (χ2v) is 6.41. The summed E-state index contributed by atoms with van der Waals surface area (Å²) < 4.78 is 5.82. The van der Waals surface area contributed by atoms with Crippen molar-refractivity contribution in [3.05, 3.63) is 58.4 Å². The number of β-amino-alcohol motifs (C(OH)–C–C–N with tert-alkyl or cyclic N) is 1. The Balaban J connectivity index is 1.66. The highest BCUT2D eigenvalue weighted by Crippen LogP contribution is 2.27. The number of hydrogen-bond donors (Lipinski definition) is 2. The van der Waals surface area contributed by atoms with E-state index in [1.807, 2.05) is 29.6 Å². The van der Waals surface area contributed by atoms with Crippen LogP contribution in [-0.2, 0) is 16.0 Å². The summed E-state index contributed by atoms with van der Waals surface area (Å²) in [5.41, 5.74) is 0.791. The number of thiophene rings is 1. The number of para-hydroxylation sites is 2. The molecular formula is C18H18N2O4S. The number of carbonyl (C=O) groups excluding carboxylic acids is 2. The smallest absolute Gasteiger partial charge is 0.277 e. The normalized spacial score (nSPS) is 14.0. The number of rotatable bonds is 8. The standard InChI is InChI=1S/C18H18N2O4S/c21-9-8-20-17(22)12-15(18(20)23)19-14-5-1-2-6-16(14)24-10-7-13-4-3-11-25-13/h1-6,11-12,19,21H,7-10H2. The zero-order valence-electron chi connectivity index (χ0n) is 13.5. The summed E-state index contributed by atoms with van der Waals surface area (Å²) in [6.45, 7) is 0.237. The molecule has 6 nitrogen and oxygen atoms in total. The van der Waals surface area contributed by atoms with Crippen molar-refractivity contribution in [2.75, 3.05) is 25.1 Å². The molecule has 1 aromatic carbocycles. The number of aliphatic hydroxyl groups is 1. The highest BCUT2D eigenvalue weighted by Gasteiger charge is 2.30. The molecule has 1 aliphatic rings. The van der Waals surface area contributed by atoms with Crippen molar-refractivity contribution >= 4 is 28.8 Å². The molecule has 0 radical (unpaired) electrons. The van der Waals surface area contributed by atoms with Crippen molar-refractivity contribution in [2.24, 2.45) is 0 Å². The summed E-state index contributed by atoms with van der Waals surface area (Å²) in [5, 5.41) is 13.9. The topological polar surface area (TPSA) is 78.9 Å². The fourth-order valence-corrected chi connectivity index (χ4v) is 3.16. The van der Waals surface area contributed by atoms with Crippen molar-refractivity contribution in [1.29, 1.82) is 0 Å². The first kappa shape index (κ1) is 17.2. The highest BCUT2D eigenvalue weighted by molar-refractivity contribution is 7.09. The monoisotopic (exact) mass is 358 g/mol. The van der Waals surface area contributed by atoms with Gasteiger partial charge in [0, 0.05) is 17.4 Å². The average molecular weight is 358 g/mol. The molecule has 2 aromatic rings. The van der Waals surface area contributed by atoms with Crippen LogP contribution in [0.2, 0.25) is 0 Å². The summed E-state index contributed by atoms with van der Waals surface area (Å²) in [7, 11) is 0. The first-order chi connectivity index (χ1) is 12.2. The molecule has 2 amide bonds. The number of imide groups is 1. The van der Waals surface area contributed by atoms with Gasteiger partial charge in [-0.15, -0.1) is 11.3 Å². The van der Waals surface area contributed by atoms with E-state index in [4.69, 9.17) is 9.84 Å². The maximum atomic E-state index is 12.2. The summed E-state index contributed by atoms with van der Waals surface area (Å²) in [6, 6.07) is 11.3. The molecule has 7 heteroatoms. The van der Waals surface area contributed by atoms with E-state index >= 15 is 0 Å². The number of hydrogen-bond acceptors (Lipinski definition) is 6. The van der Waals surface area contributed by atoms with Gasteiger partial charge < -0.3 is 15.2 Å². The molecule has 130 valence electrons. The molecule has 3 rings (SSSR count). The molecule has 2 N–H and O–H groups in total. The number of benzene rings is 1. The van der Waals surface area contributed by atoms with Crippen LogP contribution in [0.1, 0.15) is 4.88 Å². The van der Waals surface area contributed by atoms with Crippen molar-refractivity contribution in [3.63, 3.8) is 0 Å². The van der Waals surface area contributed by atoms with Crippen LogP contribution >= 0.6 is 11.3 Å². The van der Waals surface area contributed by atoms with E-state index in [1.165, 1.54) is 11.0 Å². The number of nitrogens with zero attached hydrogens (tertiary/aromatic N) is 1. The van der Waals surface area contributed by atoms with E-state index < -0.39 is 11.8 Å². The molecule has 1 aromatic heterocycles. The molecule has 1 aliphatic heterocycles. The Morgan fingerprint density at radius 3 is 2.76 bits per heavy atom. The largest absolute Gasteiger partial charge is 0.491 e. The Morgan fingerprint density at radius 2 is 2.00 bits per heavy atom. The van der Waals surface area contributed by atoms with E-state index in [9.17, 15) is 9.59 Å². The Bertz CT molecular complexity index is 786. The summed E-state index contributed by atoms with van der Waals surface area (Å²) in [5.74, 6) is -0.272. The molecule has 0 unspecified atom stereocenters. The van der Waals surface area contributed by atoms with Crippen LogP contribution in [0.15, 0.2) is 53.6 Å². The molecule has 0 saturated heterocycles. The van der Waals surface area contributed by atoms with Crippen molar-refractivity contribution in [3.8, 4) is 5.75 Å². The highest BCUT2D eigenvalue weighted by atomic mass is 32.1. The van der Waals surface area contributed by atoms with Gasteiger partial charge in [-0.1, -0.05) is 18.2 Å². The zero-order valence-corrected chi connectivity index (χ0v) is 14.3. The van der Waals surface area contributed by atoms with Gasteiger partial charge in [-0.2, -0.15) is 0 Å². The third-order valence-electron chi connectivity index (χ3n) is 3.68. The van der Waals surface area contributed by atoms with Gasteiger partial charge in [0.15, 0.2) is 0 Å². The van der Waals surface area contributed by atoms with Crippen LogP contribution < -0.4 is 10.1 Å². The summed E-state index contributed by atoms with van der Waals surface area (Å²) in [6.07, 6.45) is 2.04. The Hall–Kier alpha value is -2.64. The molecule has 0 aliphatic carbocycles. The first-order valence-electron chi connectivity index (χ1n) is 7.88. The van der Waals surface area contributed by atoms with Crippen LogP contribution in [0.5, 0.6) is 5.75 Å². The van der Waals surface area contributed by atoms with Crippen molar-refractivity contribution < 1.29 is 19.4 Å². The van der Waals surface area contributed by atoms with E-state index in [-0.39, 0.29) is 18.8 Å². The number of amides is 2. The van der Waals surface area contributed by atoms with Crippen LogP contribution in [0.3, 0.4) is 0 Å². The van der Waals surface area contributed by atoms with E-state index in [1.54, 1.807) is 17.4 Å². The average Bonchev–Trinajstić information content (AvgIpc) is 3.21. The minimum atomic E-state index is -0.451. The maximum Gasteiger partial charge on any atom is 0.277 e. The molecule has 0 saturated carbocycles. The maximum absolute atomic E-state index is 12.2. The van der Waals surface area contributed by atoms with Crippen LogP contribution in [-0.4, -0.2) is 41.6 Å². The number of aliphatic hydroxyl groups excluding tert-OH is 1. The van der Waals surface area contributed by atoms with Gasteiger partial charge in [0.1, 0.15) is 11.4 Å². The number of ether oxygens (including phenoxy) is 1. The number of anilines is 1. The Labute approximate surface area is 149 Å². The third-order valence-corrected chi connectivity index (χ3v) is 4.61. The molecular weight excluding hydrogens is 340 g/mol. The first-order valence-corrected chi connectivity index (χ1v) is 8.76. The SMILES string of the molecule is O=C1C=C(Nc2ccccc2OCCc2cccs2)C(=O)N1CCO. The van der Waals surface area contributed by atoms with Gasteiger partial charge in [-0.3, -0.25) is 14.5 Å². The van der Waals surface area contributed by atoms with Gasteiger partial charge in [0.25, 0.3) is 11.8 Å². The van der Waals surface area contributed by atoms with Crippen molar-refractivity contribution in [1.82, 2.24) is 4.90 Å². The van der Waals surface area contributed by atoms with Gasteiger partial charge in [0.05, 0.1) is 25.4 Å². The lowest BCUT2D eigenvalue weighted by Crippen LogP contribution is -2.34. The van der Waals surface area contributed by atoms with Gasteiger partial charge in [0.2, 0.25) is 0 Å². The van der Waals surface area contributed by atoms with Gasteiger partial charge in [-0.25, -0.2) is 0 Å². The zero-order chi connectivity index (χ0) is 17.6. The van der Waals surface area contributed by atoms with E-state index in [0.717, 1.165) is 11.3 Å². The Kier molecular flexibility index (Phi) is 5.47. The lowest BCUT2D eigenvalue weighted by atomic mass is 10.2. The molecule has 0 bridgehead atoms. The molecule has 25 heavy (non-hydrogen) atoms. The summed E-state index contributed by atoms with van der Waals surface area (Å²) in [4.78, 5) is 26.3. The van der Waals surface area contributed by atoms with E-state index in [0.29, 0.717) is 18.0 Å². The molecule has 0 spiro atoms. The van der Waals surface area contributed by atoms with Crippen LogP contribution in [0.4, 0.5) is 5.69 Å². The van der Waals surface area contributed by atoms with Crippen molar-refractivity contribution in [2.45, 2.75) is 6.42 Å². The molecule has 0 atom stereocenters. The fraction of sp³-hybridized carbons (Fsp3) is 0.222. The molecule has 2 heterocycles. The second-order valence-electron chi connectivity index (χ2n) is 5.38. The quantitative estimate of drug-likeness (QED) is 0.706. The van der Waals surface area contributed by atoms with Crippen LogP contribution in [0.25, 0.3) is 0 Å². The lowest BCUT2D eigenvalue weighted by molar-refractivity contribution is -0.137. The number of nitrogens with one attached hydrogen (secondary N) is 1. The Morgan fingerprint density at radius 1 is 1.16 bits per heavy atom.